The van der Waals surface area contributed by atoms with Crippen molar-refractivity contribution in [2.75, 3.05) is 47.5 Å². The summed E-state index contributed by atoms with van der Waals surface area (Å²) in [6.07, 6.45) is 40.5. The van der Waals surface area contributed by atoms with Gasteiger partial charge in [-0.15, -0.1) is 0 Å². The van der Waals surface area contributed by atoms with Crippen molar-refractivity contribution in [3.63, 3.8) is 0 Å². The van der Waals surface area contributed by atoms with E-state index in [1.807, 2.05) is 21.1 Å². The molecule has 0 aromatic heterocycles. The van der Waals surface area contributed by atoms with E-state index in [2.05, 4.69) is 50.3 Å². The van der Waals surface area contributed by atoms with Gasteiger partial charge in [-0.3, -0.25) is 18.6 Å². The van der Waals surface area contributed by atoms with Gasteiger partial charge in [-0.2, -0.15) is 0 Å². The smallest absolute Gasteiger partial charge is 0.462 e. The highest BCUT2D eigenvalue weighted by molar-refractivity contribution is 7.47. The molecule has 0 aliphatic carbocycles. The van der Waals surface area contributed by atoms with Crippen molar-refractivity contribution in [2.24, 2.45) is 0 Å². The van der Waals surface area contributed by atoms with E-state index in [1.165, 1.54) is 96.3 Å². The number of esters is 2. The fourth-order valence-electron chi connectivity index (χ4n) is 5.67. The lowest BCUT2D eigenvalue weighted by atomic mass is 10.1. The predicted octanol–water partition coefficient (Wildman–Crippen LogP) is 12.1. The Kier molecular flexibility index (Phi) is 35.6. The minimum Gasteiger partial charge on any atom is -0.462 e. The maximum absolute atomic E-state index is 12.7. The molecule has 0 aromatic carbocycles. The average Bonchev–Trinajstić information content (AvgIpc) is 3.12. The number of likely N-dealkylation sites (N-methyl/N-ethyl adjacent to an activating group) is 1. The number of hydrogen-bond donors (Lipinski definition) is 1. The third-order valence-corrected chi connectivity index (χ3v) is 10.1. The van der Waals surface area contributed by atoms with Crippen molar-refractivity contribution in [2.45, 2.75) is 187 Å². The van der Waals surface area contributed by atoms with Gasteiger partial charge in [0.15, 0.2) is 6.10 Å². The van der Waals surface area contributed by atoms with Gasteiger partial charge in [-0.05, 0) is 64.2 Å². The maximum Gasteiger partial charge on any atom is 0.472 e. The number of hydrogen-bond acceptors (Lipinski definition) is 7. The molecule has 0 amide bonds. The molecule has 0 aromatic rings. The summed E-state index contributed by atoms with van der Waals surface area (Å²) in [4.78, 5) is 35.3. The Bertz CT molecular complexity index is 1020. The highest BCUT2D eigenvalue weighted by Gasteiger charge is 2.27. The number of quaternary nitrogens is 1. The number of carbonyl (C=O) groups excluding carboxylic acids is 2. The number of phosphoric ester groups is 1. The second kappa shape index (κ2) is 36.8. The summed E-state index contributed by atoms with van der Waals surface area (Å²) in [5.41, 5.74) is 0. The molecule has 0 aliphatic heterocycles. The first-order valence-corrected chi connectivity index (χ1v) is 23.2. The van der Waals surface area contributed by atoms with E-state index in [4.69, 9.17) is 18.5 Å². The molecular weight excluding hydrogens is 701 g/mol. The number of unbranched alkanes of at least 4 members (excludes halogenated alkanes) is 19. The van der Waals surface area contributed by atoms with E-state index in [9.17, 15) is 19.0 Å². The predicted molar refractivity (Wildman–Crippen MR) is 224 cm³/mol. The lowest BCUT2D eigenvalue weighted by Gasteiger charge is -2.24. The Morgan fingerprint density at radius 3 is 1.57 bits per heavy atom. The molecule has 0 heterocycles. The van der Waals surface area contributed by atoms with Crippen molar-refractivity contribution in [1.29, 1.82) is 0 Å². The third-order valence-electron chi connectivity index (χ3n) is 9.14. The first-order chi connectivity index (χ1) is 26.0. The zero-order valence-corrected chi connectivity index (χ0v) is 36.3. The molecule has 0 bridgehead atoms. The summed E-state index contributed by atoms with van der Waals surface area (Å²) < 4.78 is 34.2. The summed E-state index contributed by atoms with van der Waals surface area (Å²) in [5, 5.41) is 0. The summed E-state index contributed by atoms with van der Waals surface area (Å²) in [6.45, 7) is 4.34. The third kappa shape index (κ3) is 39.9. The quantitative estimate of drug-likeness (QED) is 0.0216. The van der Waals surface area contributed by atoms with E-state index in [-0.39, 0.29) is 26.1 Å². The van der Waals surface area contributed by atoms with Crippen LogP contribution in [-0.4, -0.2) is 74.9 Å². The Morgan fingerprint density at radius 2 is 1.02 bits per heavy atom. The lowest BCUT2D eigenvalue weighted by molar-refractivity contribution is -0.870. The molecule has 0 rings (SSSR count). The number of nitrogens with zero attached hydrogens (tertiary/aromatic N) is 1. The molecule has 54 heavy (non-hydrogen) atoms. The van der Waals surface area contributed by atoms with Crippen LogP contribution in [0, 0.1) is 0 Å². The normalized spacial score (nSPS) is 14.0. The molecule has 1 unspecified atom stereocenters. The minimum absolute atomic E-state index is 0.0264. The fourth-order valence-corrected chi connectivity index (χ4v) is 6.41. The van der Waals surface area contributed by atoms with Gasteiger partial charge in [0, 0.05) is 12.8 Å². The van der Waals surface area contributed by atoms with Crippen molar-refractivity contribution in [3.8, 4) is 0 Å². The summed E-state index contributed by atoms with van der Waals surface area (Å²) in [7, 11) is 1.46. The summed E-state index contributed by atoms with van der Waals surface area (Å²) >= 11 is 0. The SMILES string of the molecule is CCCC/C=C/CCCCCCCCCCCC(=O)O[C@H](COC(=O)CCCC/C=C/C/C=C/CCCCCCCC)COP(=O)(O)OCC[N+](C)(C)C. The molecule has 1 N–H and O–H groups in total. The van der Waals surface area contributed by atoms with Crippen LogP contribution in [0.25, 0.3) is 0 Å². The monoisotopic (exact) mass is 785 g/mol. The van der Waals surface area contributed by atoms with E-state index < -0.39 is 32.5 Å². The van der Waals surface area contributed by atoms with E-state index in [1.54, 1.807) is 0 Å². The van der Waals surface area contributed by atoms with Crippen LogP contribution in [0.1, 0.15) is 181 Å². The Hall–Kier alpha value is -1.77. The van der Waals surface area contributed by atoms with Gasteiger partial charge in [0.25, 0.3) is 0 Å². The van der Waals surface area contributed by atoms with Crippen molar-refractivity contribution >= 4 is 19.8 Å². The Balaban J connectivity index is 4.42. The van der Waals surface area contributed by atoms with Crippen LogP contribution in [0.5, 0.6) is 0 Å². The van der Waals surface area contributed by atoms with Crippen LogP contribution < -0.4 is 0 Å². The number of carbonyl (C=O) groups is 2. The van der Waals surface area contributed by atoms with Crippen molar-refractivity contribution in [3.05, 3.63) is 36.5 Å². The molecular formula is C44H83NO8P+. The molecule has 0 fully saturated rings. The van der Waals surface area contributed by atoms with Gasteiger partial charge in [-0.25, -0.2) is 4.57 Å². The van der Waals surface area contributed by atoms with Gasteiger partial charge in [0.05, 0.1) is 27.7 Å². The second-order valence-corrected chi connectivity index (χ2v) is 17.2. The highest BCUT2D eigenvalue weighted by Crippen LogP contribution is 2.43. The second-order valence-electron chi connectivity index (χ2n) is 15.7. The van der Waals surface area contributed by atoms with E-state index >= 15 is 0 Å². The van der Waals surface area contributed by atoms with E-state index in [0.29, 0.717) is 23.9 Å². The van der Waals surface area contributed by atoms with Crippen LogP contribution >= 0.6 is 7.82 Å². The number of ether oxygens (including phenoxy) is 2. The summed E-state index contributed by atoms with van der Waals surface area (Å²) in [5.74, 6) is -0.838. The van der Waals surface area contributed by atoms with Gasteiger partial charge >= 0.3 is 19.8 Å². The van der Waals surface area contributed by atoms with E-state index in [0.717, 1.165) is 44.9 Å². The number of allylic oxidation sites excluding steroid dienone is 6. The molecule has 0 spiro atoms. The van der Waals surface area contributed by atoms with Crippen LogP contribution in [0.3, 0.4) is 0 Å². The number of rotatable bonds is 39. The van der Waals surface area contributed by atoms with Crippen molar-refractivity contribution in [1.82, 2.24) is 0 Å². The molecule has 2 atom stereocenters. The Morgan fingerprint density at radius 1 is 0.574 bits per heavy atom. The highest BCUT2D eigenvalue weighted by atomic mass is 31.2. The zero-order valence-electron chi connectivity index (χ0n) is 35.5. The molecule has 0 radical (unpaired) electrons. The van der Waals surface area contributed by atoms with Crippen LogP contribution in [0.15, 0.2) is 36.5 Å². The molecule has 316 valence electrons. The topological polar surface area (TPSA) is 108 Å². The zero-order chi connectivity index (χ0) is 40.0. The summed E-state index contributed by atoms with van der Waals surface area (Å²) in [6, 6.07) is 0. The molecule has 10 heteroatoms. The van der Waals surface area contributed by atoms with Crippen LogP contribution in [0.2, 0.25) is 0 Å². The largest absolute Gasteiger partial charge is 0.472 e. The molecule has 9 nitrogen and oxygen atoms in total. The number of phosphoric acid groups is 1. The van der Waals surface area contributed by atoms with Crippen molar-refractivity contribution < 1.29 is 42.1 Å². The van der Waals surface area contributed by atoms with Gasteiger partial charge in [0.1, 0.15) is 19.8 Å². The van der Waals surface area contributed by atoms with Gasteiger partial charge < -0.3 is 18.9 Å². The first kappa shape index (κ1) is 52.2. The average molecular weight is 785 g/mol. The maximum atomic E-state index is 12.7. The van der Waals surface area contributed by atoms with Gasteiger partial charge in [0.2, 0.25) is 0 Å². The van der Waals surface area contributed by atoms with Gasteiger partial charge in [-0.1, -0.05) is 140 Å². The molecule has 0 aliphatic rings. The minimum atomic E-state index is -4.38. The van der Waals surface area contributed by atoms with Crippen LogP contribution in [0.4, 0.5) is 0 Å². The van der Waals surface area contributed by atoms with Crippen LogP contribution in [-0.2, 0) is 32.7 Å². The Labute approximate surface area is 331 Å². The molecule has 0 saturated heterocycles. The standard InChI is InChI=1S/C44H82NO8P/c1-6-8-10-12-14-16-18-20-22-24-26-28-30-32-34-36-43(46)50-40-42(41-52-54(48,49)51-39-38-45(3,4)5)53-44(47)37-35-33-31-29-27-25-23-21-19-17-15-13-11-9-7-2/h13,15,20,22,26,28,42H,6-12,14,16-19,21,23-25,27,29-41H2,1-5H3/p+1/b15-13+,22-20+,28-26+/t42-/m1/s1. The first-order valence-electron chi connectivity index (χ1n) is 21.7. The molecule has 0 saturated carbocycles. The fraction of sp³-hybridized carbons (Fsp3) is 0.818. The lowest BCUT2D eigenvalue weighted by Crippen LogP contribution is -2.37.